The van der Waals surface area contributed by atoms with Gasteiger partial charge in [-0.05, 0) is 25.0 Å². The zero-order valence-electron chi connectivity index (χ0n) is 9.29. The molecule has 1 rings (SSSR count). The Kier molecular flexibility index (Phi) is 4.61. The van der Waals surface area contributed by atoms with E-state index >= 15 is 0 Å². The number of hydrogen-bond donors (Lipinski definition) is 1. The lowest BCUT2D eigenvalue weighted by Crippen LogP contribution is -2.21. The third kappa shape index (κ3) is 4.45. The molecule has 0 atom stereocenters. The van der Waals surface area contributed by atoms with Gasteiger partial charge in [-0.25, -0.2) is 0 Å². The summed E-state index contributed by atoms with van der Waals surface area (Å²) in [4.78, 5) is 11.2. The van der Waals surface area contributed by atoms with E-state index in [0.29, 0.717) is 0 Å². The molecule has 2 nitrogen and oxygen atoms in total. The van der Waals surface area contributed by atoms with Crippen LogP contribution in [0.4, 0.5) is 0 Å². The van der Waals surface area contributed by atoms with Crippen LogP contribution in [-0.2, 0) is 4.79 Å². The van der Waals surface area contributed by atoms with Gasteiger partial charge >= 0.3 is 0 Å². The number of amides is 1. The largest absolute Gasteiger partial charge is 0.353 e. The van der Waals surface area contributed by atoms with E-state index in [1.54, 1.807) is 6.08 Å². The topological polar surface area (TPSA) is 29.1 Å². The Hall–Kier alpha value is -1.57. The summed E-state index contributed by atoms with van der Waals surface area (Å²) in [6.07, 6.45) is 4.36. The first kappa shape index (κ1) is 11.5. The quantitative estimate of drug-likeness (QED) is 0.748. The fraction of sp³-hybridized carbons (Fsp3) is 0.308. The van der Waals surface area contributed by atoms with E-state index in [4.69, 9.17) is 0 Å². The molecule has 0 aliphatic rings. The second kappa shape index (κ2) is 6.02. The molecule has 1 aromatic rings. The molecular weight excluding hydrogens is 186 g/mol. The summed E-state index contributed by atoms with van der Waals surface area (Å²) in [5.74, 6) is -0.0302. The average Bonchev–Trinajstić information content (AvgIpc) is 2.25. The van der Waals surface area contributed by atoms with E-state index in [1.807, 2.05) is 44.2 Å². The molecule has 1 aromatic carbocycles. The van der Waals surface area contributed by atoms with Gasteiger partial charge in [0.1, 0.15) is 0 Å². The maximum absolute atomic E-state index is 11.2. The molecule has 0 saturated carbocycles. The van der Waals surface area contributed by atoms with Gasteiger partial charge in [0.25, 0.3) is 0 Å². The molecule has 2 heteroatoms. The van der Waals surface area contributed by atoms with Crippen molar-refractivity contribution >= 4 is 12.0 Å². The second-order valence-corrected chi connectivity index (χ2v) is 3.54. The van der Waals surface area contributed by atoms with Crippen molar-refractivity contribution < 1.29 is 4.79 Å². The van der Waals surface area contributed by atoms with Crippen LogP contribution in [0.1, 0.15) is 24.5 Å². The van der Waals surface area contributed by atoms with Gasteiger partial charge in [-0.1, -0.05) is 36.8 Å². The molecule has 0 bridgehead atoms. The van der Waals surface area contributed by atoms with E-state index < -0.39 is 0 Å². The molecule has 0 saturated heterocycles. The number of rotatable bonds is 4. The lowest BCUT2D eigenvalue weighted by Gasteiger charge is -1.98. The molecule has 0 fully saturated rings. The minimum atomic E-state index is -0.0302. The van der Waals surface area contributed by atoms with E-state index in [0.717, 1.165) is 18.5 Å². The smallest absolute Gasteiger partial charge is 0.243 e. The number of aryl methyl sites for hydroxylation is 1. The van der Waals surface area contributed by atoms with Crippen LogP contribution in [0.15, 0.2) is 30.3 Å². The first-order valence-corrected chi connectivity index (χ1v) is 5.25. The fourth-order valence-corrected chi connectivity index (χ4v) is 1.16. The molecule has 0 aliphatic heterocycles. The van der Waals surface area contributed by atoms with Gasteiger partial charge in [-0.15, -0.1) is 0 Å². The lowest BCUT2D eigenvalue weighted by atomic mass is 10.1. The van der Waals surface area contributed by atoms with Crippen LogP contribution in [0.25, 0.3) is 6.08 Å². The van der Waals surface area contributed by atoms with Gasteiger partial charge < -0.3 is 5.32 Å². The van der Waals surface area contributed by atoms with Crippen LogP contribution in [0.5, 0.6) is 0 Å². The Bertz CT molecular complexity index is 338. The van der Waals surface area contributed by atoms with Crippen molar-refractivity contribution in [3.05, 3.63) is 41.5 Å². The van der Waals surface area contributed by atoms with Crippen molar-refractivity contribution in [1.82, 2.24) is 5.32 Å². The zero-order valence-corrected chi connectivity index (χ0v) is 9.29. The highest BCUT2D eigenvalue weighted by atomic mass is 16.1. The summed E-state index contributed by atoms with van der Waals surface area (Å²) < 4.78 is 0. The van der Waals surface area contributed by atoms with E-state index in [-0.39, 0.29) is 5.91 Å². The van der Waals surface area contributed by atoms with Crippen LogP contribution in [-0.4, -0.2) is 12.5 Å². The summed E-state index contributed by atoms with van der Waals surface area (Å²) in [5.41, 5.74) is 2.27. The molecule has 80 valence electrons. The number of nitrogens with one attached hydrogen (secondary N) is 1. The van der Waals surface area contributed by atoms with Crippen LogP contribution in [0.2, 0.25) is 0 Å². The summed E-state index contributed by atoms with van der Waals surface area (Å²) in [5, 5.41) is 2.79. The standard InChI is InChI=1S/C13H17NO/c1-3-10-14-13(15)9-8-12-6-4-11(2)5-7-12/h4-9H,3,10H2,1-2H3,(H,14,15)/b9-8-. The Balaban J connectivity index is 2.50. The zero-order chi connectivity index (χ0) is 11.1. The third-order valence-corrected chi connectivity index (χ3v) is 2.05. The average molecular weight is 203 g/mol. The van der Waals surface area contributed by atoms with Crippen molar-refractivity contribution in [3.63, 3.8) is 0 Å². The SMILES string of the molecule is CCCNC(=O)/C=C\c1ccc(C)cc1. The molecule has 1 amide bonds. The Morgan fingerprint density at radius 3 is 2.60 bits per heavy atom. The monoisotopic (exact) mass is 203 g/mol. The minimum absolute atomic E-state index is 0.0302. The maximum Gasteiger partial charge on any atom is 0.243 e. The van der Waals surface area contributed by atoms with Gasteiger partial charge in [0.15, 0.2) is 0 Å². The van der Waals surface area contributed by atoms with Crippen LogP contribution in [0, 0.1) is 6.92 Å². The highest BCUT2D eigenvalue weighted by Crippen LogP contribution is 2.04. The summed E-state index contributed by atoms with van der Waals surface area (Å²) in [7, 11) is 0. The maximum atomic E-state index is 11.2. The Morgan fingerprint density at radius 1 is 1.33 bits per heavy atom. The minimum Gasteiger partial charge on any atom is -0.353 e. The van der Waals surface area contributed by atoms with Crippen molar-refractivity contribution in [3.8, 4) is 0 Å². The van der Waals surface area contributed by atoms with Gasteiger partial charge in [-0.2, -0.15) is 0 Å². The molecule has 0 radical (unpaired) electrons. The molecule has 0 heterocycles. The van der Waals surface area contributed by atoms with Crippen molar-refractivity contribution in [1.29, 1.82) is 0 Å². The molecular formula is C13H17NO. The van der Waals surface area contributed by atoms with Gasteiger partial charge in [0, 0.05) is 12.6 Å². The van der Waals surface area contributed by atoms with Gasteiger partial charge in [0.05, 0.1) is 0 Å². The predicted octanol–water partition coefficient (Wildman–Crippen LogP) is 2.53. The second-order valence-electron chi connectivity index (χ2n) is 3.54. The van der Waals surface area contributed by atoms with E-state index in [1.165, 1.54) is 5.56 Å². The molecule has 0 aromatic heterocycles. The van der Waals surface area contributed by atoms with Crippen molar-refractivity contribution in [2.75, 3.05) is 6.54 Å². The molecule has 1 N–H and O–H groups in total. The predicted molar refractivity (Wildman–Crippen MR) is 63.5 cm³/mol. The first-order chi connectivity index (χ1) is 7.22. The summed E-state index contributed by atoms with van der Waals surface area (Å²) in [6, 6.07) is 8.06. The summed E-state index contributed by atoms with van der Waals surface area (Å²) >= 11 is 0. The summed E-state index contributed by atoms with van der Waals surface area (Å²) in [6.45, 7) is 4.81. The lowest BCUT2D eigenvalue weighted by molar-refractivity contribution is -0.116. The normalized spacial score (nSPS) is 10.5. The number of benzene rings is 1. The molecule has 0 spiro atoms. The van der Waals surface area contributed by atoms with Gasteiger partial charge in [0.2, 0.25) is 5.91 Å². The Labute approximate surface area is 91.0 Å². The number of carbonyl (C=O) groups is 1. The van der Waals surface area contributed by atoms with Crippen LogP contribution in [0.3, 0.4) is 0 Å². The van der Waals surface area contributed by atoms with Crippen LogP contribution < -0.4 is 5.32 Å². The molecule has 0 aliphatic carbocycles. The Morgan fingerprint density at radius 2 is 2.00 bits per heavy atom. The highest BCUT2D eigenvalue weighted by molar-refractivity contribution is 5.91. The van der Waals surface area contributed by atoms with Crippen molar-refractivity contribution in [2.45, 2.75) is 20.3 Å². The fourth-order valence-electron chi connectivity index (χ4n) is 1.16. The van der Waals surface area contributed by atoms with E-state index in [2.05, 4.69) is 5.32 Å². The third-order valence-electron chi connectivity index (χ3n) is 2.05. The van der Waals surface area contributed by atoms with Crippen molar-refractivity contribution in [2.24, 2.45) is 0 Å². The molecule has 15 heavy (non-hydrogen) atoms. The van der Waals surface area contributed by atoms with E-state index in [9.17, 15) is 4.79 Å². The van der Waals surface area contributed by atoms with Gasteiger partial charge in [-0.3, -0.25) is 4.79 Å². The highest BCUT2D eigenvalue weighted by Gasteiger charge is 1.92. The first-order valence-electron chi connectivity index (χ1n) is 5.25. The van der Waals surface area contributed by atoms with Crippen LogP contribution >= 0.6 is 0 Å². The molecule has 0 unspecified atom stereocenters. The number of hydrogen-bond acceptors (Lipinski definition) is 1. The number of carbonyl (C=O) groups excluding carboxylic acids is 1.